The van der Waals surface area contributed by atoms with E-state index in [1.807, 2.05) is 0 Å². The van der Waals surface area contributed by atoms with Crippen LogP contribution >= 0.6 is 0 Å². The number of rotatable bonds is 4. The highest BCUT2D eigenvalue weighted by molar-refractivity contribution is 7.88. The third kappa shape index (κ3) is 4.15. The molecule has 0 aromatic heterocycles. The zero-order chi connectivity index (χ0) is 14.1. The summed E-state index contributed by atoms with van der Waals surface area (Å²) in [5, 5.41) is 0. The topological polar surface area (TPSA) is 58.6 Å². The first-order valence-electron chi connectivity index (χ1n) is 7.16. The van der Waals surface area contributed by atoms with Crippen molar-refractivity contribution in [1.29, 1.82) is 0 Å². The van der Waals surface area contributed by atoms with Gasteiger partial charge in [0.1, 0.15) is 0 Å². The van der Waals surface area contributed by atoms with Crippen LogP contribution in [0, 0.1) is 0 Å². The minimum absolute atomic E-state index is 0.0237. The Balaban J connectivity index is 1.90. The molecule has 0 aliphatic carbocycles. The molecule has 0 bridgehead atoms. The number of hydrogen-bond acceptors (Lipinski definition) is 4. The summed E-state index contributed by atoms with van der Waals surface area (Å²) in [6.07, 6.45) is 5.47. The molecule has 0 amide bonds. The second kappa shape index (κ2) is 5.68. The fourth-order valence-electron chi connectivity index (χ4n) is 3.13. The maximum absolute atomic E-state index is 11.2. The van der Waals surface area contributed by atoms with Gasteiger partial charge in [-0.15, -0.1) is 0 Å². The van der Waals surface area contributed by atoms with Gasteiger partial charge in [0.05, 0.1) is 18.0 Å². The lowest BCUT2D eigenvalue weighted by molar-refractivity contribution is -0.118. The first-order chi connectivity index (χ1) is 8.80. The number of nitrogens with one attached hydrogen (secondary N) is 1. The Labute approximate surface area is 116 Å². The molecule has 1 N–H and O–H groups in total. The lowest BCUT2D eigenvalue weighted by Gasteiger charge is -2.39. The van der Waals surface area contributed by atoms with E-state index in [0.29, 0.717) is 12.6 Å². The van der Waals surface area contributed by atoms with Crippen LogP contribution in [0.1, 0.15) is 39.5 Å². The monoisotopic (exact) mass is 290 g/mol. The van der Waals surface area contributed by atoms with Gasteiger partial charge in [-0.25, -0.2) is 13.1 Å². The minimum Gasteiger partial charge on any atom is -0.369 e. The SMILES string of the molecule is CC(C)N1CC[C@]2(CCC[C@H](CNS(C)(=O)=O)O2)C1. The fraction of sp³-hybridized carbons (Fsp3) is 1.00. The van der Waals surface area contributed by atoms with Crippen LogP contribution in [0.5, 0.6) is 0 Å². The van der Waals surface area contributed by atoms with E-state index in [-0.39, 0.29) is 11.7 Å². The molecule has 0 saturated carbocycles. The van der Waals surface area contributed by atoms with E-state index >= 15 is 0 Å². The third-order valence-corrected chi connectivity index (χ3v) is 4.92. The number of hydrogen-bond donors (Lipinski definition) is 1. The summed E-state index contributed by atoms with van der Waals surface area (Å²) in [5.41, 5.74) is -0.0353. The molecule has 2 atom stereocenters. The third-order valence-electron chi connectivity index (χ3n) is 4.22. The van der Waals surface area contributed by atoms with Crippen molar-refractivity contribution in [3.8, 4) is 0 Å². The van der Waals surface area contributed by atoms with Crippen LogP contribution in [0.4, 0.5) is 0 Å². The highest BCUT2D eigenvalue weighted by Gasteiger charge is 2.43. The largest absolute Gasteiger partial charge is 0.369 e. The Morgan fingerprint density at radius 3 is 2.74 bits per heavy atom. The van der Waals surface area contributed by atoms with E-state index in [1.165, 1.54) is 6.26 Å². The summed E-state index contributed by atoms with van der Waals surface area (Å²) < 4.78 is 31.1. The molecular formula is C13H26N2O3S. The van der Waals surface area contributed by atoms with Crippen LogP contribution in [0.2, 0.25) is 0 Å². The van der Waals surface area contributed by atoms with Crippen LogP contribution in [0.25, 0.3) is 0 Å². The van der Waals surface area contributed by atoms with E-state index in [9.17, 15) is 8.42 Å². The van der Waals surface area contributed by atoms with Gasteiger partial charge in [-0.1, -0.05) is 0 Å². The molecule has 2 aliphatic rings. The number of ether oxygens (including phenoxy) is 1. The van der Waals surface area contributed by atoms with Gasteiger partial charge in [-0.05, 0) is 39.5 Å². The van der Waals surface area contributed by atoms with Crippen molar-refractivity contribution in [3.05, 3.63) is 0 Å². The van der Waals surface area contributed by atoms with Gasteiger partial charge in [0.25, 0.3) is 0 Å². The first kappa shape index (κ1) is 15.2. The molecule has 0 aromatic carbocycles. The van der Waals surface area contributed by atoms with Gasteiger partial charge >= 0.3 is 0 Å². The number of likely N-dealkylation sites (tertiary alicyclic amines) is 1. The zero-order valence-corrected chi connectivity index (χ0v) is 13.0. The van der Waals surface area contributed by atoms with Crippen molar-refractivity contribution in [2.24, 2.45) is 0 Å². The molecule has 2 heterocycles. The summed E-state index contributed by atoms with van der Waals surface area (Å²) in [5.74, 6) is 0. The van der Waals surface area contributed by atoms with E-state index in [1.54, 1.807) is 0 Å². The second-order valence-corrected chi connectivity index (χ2v) is 8.08. The minimum atomic E-state index is -3.12. The molecule has 6 heteroatoms. The smallest absolute Gasteiger partial charge is 0.208 e. The molecule has 5 nitrogen and oxygen atoms in total. The average Bonchev–Trinajstić information content (AvgIpc) is 2.70. The molecule has 1 spiro atoms. The molecule has 0 aromatic rings. The van der Waals surface area contributed by atoms with Gasteiger partial charge in [0.15, 0.2) is 0 Å². The first-order valence-corrected chi connectivity index (χ1v) is 9.05. The summed E-state index contributed by atoms with van der Waals surface area (Å²) in [7, 11) is -3.12. The van der Waals surface area contributed by atoms with Crippen LogP contribution < -0.4 is 4.72 Å². The standard InChI is InChI=1S/C13H26N2O3S/c1-11(2)15-8-7-13(10-15)6-4-5-12(18-13)9-14-19(3,16)17/h11-12,14H,4-10H2,1-3H3/t12-,13-/m1/s1. The summed E-state index contributed by atoms with van der Waals surface area (Å²) in [6, 6.07) is 0.553. The van der Waals surface area contributed by atoms with Gasteiger partial charge in [-0.2, -0.15) is 0 Å². The Morgan fingerprint density at radius 2 is 2.16 bits per heavy atom. The van der Waals surface area contributed by atoms with Crippen molar-refractivity contribution in [3.63, 3.8) is 0 Å². The Bertz CT molecular complexity index is 410. The molecule has 112 valence electrons. The Kier molecular flexibility index (Phi) is 4.55. The maximum atomic E-state index is 11.2. The number of sulfonamides is 1. The normalized spacial score (nSPS) is 33.4. The van der Waals surface area contributed by atoms with Crippen LogP contribution in [0.3, 0.4) is 0 Å². The average molecular weight is 290 g/mol. The van der Waals surface area contributed by atoms with E-state index in [4.69, 9.17) is 4.74 Å². The number of nitrogens with zero attached hydrogens (tertiary/aromatic N) is 1. The molecule has 19 heavy (non-hydrogen) atoms. The van der Waals surface area contributed by atoms with Gasteiger partial charge in [-0.3, -0.25) is 4.90 Å². The maximum Gasteiger partial charge on any atom is 0.208 e. The lowest BCUT2D eigenvalue weighted by Crippen LogP contribution is -2.47. The fourth-order valence-corrected chi connectivity index (χ4v) is 3.62. The molecule has 2 saturated heterocycles. The van der Waals surface area contributed by atoms with Crippen molar-refractivity contribution in [2.45, 2.75) is 57.3 Å². The summed E-state index contributed by atoms with van der Waals surface area (Å²) in [4.78, 5) is 2.45. The molecule has 2 aliphatic heterocycles. The van der Waals surface area contributed by atoms with Crippen LogP contribution in [-0.4, -0.2) is 57.0 Å². The second-order valence-electron chi connectivity index (χ2n) is 6.25. The van der Waals surface area contributed by atoms with E-state index < -0.39 is 10.0 Å². The zero-order valence-electron chi connectivity index (χ0n) is 12.2. The van der Waals surface area contributed by atoms with Crippen LogP contribution in [-0.2, 0) is 14.8 Å². The predicted molar refractivity (Wildman–Crippen MR) is 75.6 cm³/mol. The van der Waals surface area contributed by atoms with Crippen molar-refractivity contribution in [1.82, 2.24) is 9.62 Å². The predicted octanol–water partition coefficient (Wildman–Crippen LogP) is 0.958. The molecule has 2 rings (SSSR count). The lowest BCUT2D eigenvalue weighted by atomic mass is 9.90. The molecular weight excluding hydrogens is 264 g/mol. The van der Waals surface area contributed by atoms with Gasteiger partial charge in [0, 0.05) is 25.7 Å². The molecule has 0 radical (unpaired) electrons. The van der Waals surface area contributed by atoms with Crippen molar-refractivity contribution < 1.29 is 13.2 Å². The Morgan fingerprint density at radius 1 is 1.42 bits per heavy atom. The van der Waals surface area contributed by atoms with E-state index in [0.717, 1.165) is 38.8 Å². The van der Waals surface area contributed by atoms with Crippen LogP contribution in [0.15, 0.2) is 0 Å². The molecule has 0 unspecified atom stereocenters. The summed E-state index contributed by atoms with van der Waals surface area (Å²) in [6.45, 7) is 6.90. The highest BCUT2D eigenvalue weighted by atomic mass is 32.2. The van der Waals surface area contributed by atoms with Crippen molar-refractivity contribution >= 4 is 10.0 Å². The summed E-state index contributed by atoms with van der Waals surface area (Å²) >= 11 is 0. The van der Waals surface area contributed by atoms with Gasteiger partial charge in [0.2, 0.25) is 10.0 Å². The van der Waals surface area contributed by atoms with E-state index in [2.05, 4.69) is 23.5 Å². The van der Waals surface area contributed by atoms with Crippen molar-refractivity contribution in [2.75, 3.05) is 25.9 Å². The van der Waals surface area contributed by atoms with Gasteiger partial charge < -0.3 is 4.74 Å². The quantitative estimate of drug-likeness (QED) is 0.838. The molecule has 2 fully saturated rings. The Hall–Kier alpha value is -0.170. The highest BCUT2D eigenvalue weighted by Crippen LogP contribution is 2.37.